The maximum Gasteiger partial charge on any atom is 0.319 e. The molecule has 0 aliphatic carbocycles. The average Bonchev–Trinajstić information content (AvgIpc) is 3.60. The van der Waals surface area contributed by atoms with Crippen LogP contribution in [-0.2, 0) is 4.79 Å². The van der Waals surface area contributed by atoms with E-state index >= 15 is 4.39 Å². The van der Waals surface area contributed by atoms with Crippen molar-refractivity contribution in [3.8, 4) is 23.2 Å². The zero-order chi connectivity index (χ0) is 30.2. The van der Waals surface area contributed by atoms with E-state index in [9.17, 15) is 18.8 Å². The van der Waals surface area contributed by atoms with Crippen LogP contribution in [-0.4, -0.2) is 77.6 Å². The van der Waals surface area contributed by atoms with Crippen molar-refractivity contribution in [1.82, 2.24) is 19.8 Å². The lowest BCUT2D eigenvalue weighted by Gasteiger charge is -2.41. The van der Waals surface area contributed by atoms with Gasteiger partial charge in [-0.25, -0.2) is 13.2 Å². The fourth-order valence-corrected chi connectivity index (χ4v) is 6.93. The van der Waals surface area contributed by atoms with Gasteiger partial charge in [-0.15, -0.1) is 11.3 Å². The molecule has 0 unspecified atom stereocenters. The van der Waals surface area contributed by atoms with Crippen molar-refractivity contribution >= 4 is 44.1 Å². The maximum absolute atomic E-state index is 16.5. The number of nitriles is 1. The van der Waals surface area contributed by atoms with Gasteiger partial charge in [0.15, 0.2) is 11.6 Å². The third-order valence-electron chi connectivity index (χ3n) is 8.29. The highest BCUT2D eigenvalue weighted by Crippen LogP contribution is 2.39. The molecule has 2 aromatic heterocycles. The van der Waals surface area contributed by atoms with Crippen molar-refractivity contribution in [2.75, 3.05) is 44.7 Å². The fourth-order valence-electron chi connectivity index (χ4n) is 5.99. The molecule has 0 bridgehead atoms. The summed E-state index contributed by atoms with van der Waals surface area (Å²) in [6.07, 6.45) is 1.98. The molecule has 2 atom stereocenters. The fraction of sp³-hybridized carbons (Fsp3) is 0.355. The van der Waals surface area contributed by atoms with Gasteiger partial charge in [-0.2, -0.15) is 15.2 Å². The van der Waals surface area contributed by atoms with Gasteiger partial charge >= 0.3 is 6.01 Å². The number of ether oxygens (including phenoxy) is 1. The molecule has 0 N–H and O–H groups in total. The molecule has 8 nitrogen and oxygen atoms in total. The minimum absolute atomic E-state index is 0.00621. The van der Waals surface area contributed by atoms with Crippen LogP contribution in [0.5, 0.6) is 6.01 Å². The summed E-state index contributed by atoms with van der Waals surface area (Å²) in [6, 6.07) is 10.1. The van der Waals surface area contributed by atoms with Crippen LogP contribution in [0.1, 0.15) is 19.3 Å². The maximum atomic E-state index is 16.5. The Bertz CT molecular complexity index is 1770. The predicted molar refractivity (Wildman–Crippen MR) is 160 cm³/mol. The SMILES string of the molecule is C=C(F)C(=O)N1CCN(c2nc(OC[C@@H]3CCCN3C)nc3c(F)c(-c4cccc5c(F)csc45)ccc23)C[C@@H]1CC#N. The number of hydrogen-bond acceptors (Lipinski definition) is 8. The first-order valence-electron chi connectivity index (χ1n) is 14.0. The topological polar surface area (TPSA) is 85.6 Å². The summed E-state index contributed by atoms with van der Waals surface area (Å²) in [5.41, 5.74) is 0.859. The van der Waals surface area contributed by atoms with E-state index in [-0.39, 0.29) is 55.0 Å². The summed E-state index contributed by atoms with van der Waals surface area (Å²) in [5, 5.41) is 11.7. The van der Waals surface area contributed by atoms with Gasteiger partial charge in [0.05, 0.1) is 18.5 Å². The van der Waals surface area contributed by atoms with E-state index < -0.39 is 23.6 Å². The van der Waals surface area contributed by atoms with Crippen LogP contribution < -0.4 is 9.64 Å². The van der Waals surface area contributed by atoms with Gasteiger partial charge in [-0.05, 0) is 32.5 Å². The smallest absolute Gasteiger partial charge is 0.319 e. The Morgan fingerprint density at radius 1 is 1.14 bits per heavy atom. The first kappa shape index (κ1) is 28.9. The molecule has 222 valence electrons. The molecule has 4 aromatic rings. The van der Waals surface area contributed by atoms with Crippen LogP contribution in [0.3, 0.4) is 0 Å². The standard InChI is InChI=1S/C31H29F3N6O2S/c1-18(32)30(41)40-14-13-39(15-19(40)10-11-35)29-24-9-8-21(22-6-3-7-23-25(33)17-43-28(22)23)26(34)27(24)36-31(37-29)42-16-20-5-4-12-38(20)2/h3,6-9,17,19-20H,1,4-5,10,12-16H2,2H3/t19-,20-/m0/s1. The number of nitrogens with zero attached hydrogens (tertiary/aromatic N) is 6. The number of halogens is 3. The Morgan fingerprint density at radius 3 is 2.72 bits per heavy atom. The summed E-state index contributed by atoms with van der Waals surface area (Å²) >= 11 is 1.21. The number of piperazine rings is 1. The molecule has 2 aromatic carbocycles. The van der Waals surface area contributed by atoms with Crippen LogP contribution in [0.2, 0.25) is 0 Å². The number of likely N-dealkylation sites (tertiary alicyclic amines) is 1. The molecule has 0 radical (unpaired) electrons. The summed E-state index contributed by atoms with van der Waals surface area (Å²) < 4.78 is 51.3. The third-order valence-corrected chi connectivity index (χ3v) is 9.29. The van der Waals surface area contributed by atoms with Gasteiger partial charge in [-0.3, -0.25) is 4.79 Å². The number of carbonyl (C=O) groups excluding carboxylic acids is 1. The molecule has 12 heteroatoms. The van der Waals surface area contributed by atoms with Crippen molar-refractivity contribution < 1.29 is 22.7 Å². The van der Waals surface area contributed by atoms with E-state index in [4.69, 9.17) is 4.74 Å². The third kappa shape index (κ3) is 5.39. The van der Waals surface area contributed by atoms with Gasteiger partial charge < -0.3 is 19.4 Å². The monoisotopic (exact) mass is 606 g/mol. The Balaban J connectivity index is 1.44. The number of benzene rings is 2. The van der Waals surface area contributed by atoms with Crippen molar-refractivity contribution in [2.45, 2.75) is 31.3 Å². The lowest BCUT2D eigenvalue weighted by Crippen LogP contribution is -2.55. The lowest BCUT2D eigenvalue weighted by atomic mass is 10.0. The van der Waals surface area contributed by atoms with E-state index in [0.717, 1.165) is 19.4 Å². The van der Waals surface area contributed by atoms with E-state index in [1.165, 1.54) is 21.6 Å². The number of anilines is 1. The first-order chi connectivity index (χ1) is 20.8. The highest BCUT2D eigenvalue weighted by Gasteiger charge is 2.34. The van der Waals surface area contributed by atoms with Crippen LogP contribution in [0.4, 0.5) is 19.0 Å². The molecular weight excluding hydrogens is 577 g/mol. The molecular formula is C31H29F3N6O2S. The highest BCUT2D eigenvalue weighted by molar-refractivity contribution is 7.17. The second-order valence-electron chi connectivity index (χ2n) is 10.9. The lowest BCUT2D eigenvalue weighted by molar-refractivity contribution is -0.131. The number of rotatable bonds is 7. The molecule has 2 aliphatic heterocycles. The number of carbonyl (C=O) groups is 1. The normalized spacial score (nSPS) is 19.2. The quantitative estimate of drug-likeness (QED) is 0.251. The Labute approximate surface area is 250 Å². The van der Waals surface area contributed by atoms with Gasteiger partial charge in [0, 0.05) is 57.7 Å². The number of thiophene rings is 1. The van der Waals surface area contributed by atoms with E-state index in [0.29, 0.717) is 33.5 Å². The average molecular weight is 607 g/mol. The van der Waals surface area contributed by atoms with E-state index in [1.807, 2.05) is 11.9 Å². The van der Waals surface area contributed by atoms with Gasteiger partial charge in [0.25, 0.3) is 5.91 Å². The molecule has 43 heavy (non-hydrogen) atoms. The van der Waals surface area contributed by atoms with Crippen LogP contribution in [0.15, 0.2) is 48.1 Å². The summed E-state index contributed by atoms with van der Waals surface area (Å²) in [4.78, 5) is 27.0. The second-order valence-corrected chi connectivity index (χ2v) is 11.8. The Hall–Kier alpha value is -4.21. The molecule has 2 aliphatic rings. The molecule has 1 amide bonds. The van der Waals surface area contributed by atoms with E-state index in [1.54, 1.807) is 30.3 Å². The molecule has 4 heterocycles. The van der Waals surface area contributed by atoms with E-state index in [2.05, 4.69) is 27.5 Å². The van der Waals surface area contributed by atoms with Crippen molar-refractivity contribution in [3.05, 3.63) is 59.8 Å². The Kier molecular flexibility index (Phi) is 7.94. The summed E-state index contributed by atoms with van der Waals surface area (Å²) in [5.74, 6) is -2.51. The number of aromatic nitrogens is 2. The van der Waals surface area contributed by atoms with Gasteiger partial charge in [0.1, 0.15) is 23.8 Å². The predicted octanol–water partition coefficient (Wildman–Crippen LogP) is 5.68. The summed E-state index contributed by atoms with van der Waals surface area (Å²) in [6.45, 7) is 4.95. The summed E-state index contributed by atoms with van der Waals surface area (Å²) in [7, 11) is 2.02. The number of fused-ring (bicyclic) bond motifs is 2. The molecule has 6 rings (SSSR count). The van der Waals surface area contributed by atoms with Gasteiger partial charge in [0.2, 0.25) is 0 Å². The number of hydrogen-bond donors (Lipinski definition) is 0. The van der Waals surface area contributed by atoms with Crippen molar-refractivity contribution in [1.29, 1.82) is 5.26 Å². The minimum Gasteiger partial charge on any atom is -0.462 e. The number of likely N-dealkylation sites (N-methyl/N-ethyl adjacent to an activating group) is 1. The van der Waals surface area contributed by atoms with Crippen molar-refractivity contribution in [2.24, 2.45) is 0 Å². The Morgan fingerprint density at radius 2 is 1.98 bits per heavy atom. The molecule has 0 spiro atoms. The second kappa shape index (κ2) is 11.8. The van der Waals surface area contributed by atoms with Crippen LogP contribution >= 0.6 is 11.3 Å². The molecule has 2 fully saturated rings. The van der Waals surface area contributed by atoms with Gasteiger partial charge in [-0.1, -0.05) is 30.8 Å². The highest BCUT2D eigenvalue weighted by atomic mass is 32.1. The first-order valence-corrected chi connectivity index (χ1v) is 14.9. The van der Waals surface area contributed by atoms with Crippen LogP contribution in [0, 0.1) is 23.0 Å². The molecule has 0 saturated carbocycles. The number of amides is 1. The zero-order valence-corrected chi connectivity index (χ0v) is 24.3. The van der Waals surface area contributed by atoms with Crippen LogP contribution in [0.25, 0.3) is 32.1 Å². The largest absolute Gasteiger partial charge is 0.462 e. The van der Waals surface area contributed by atoms with Crippen molar-refractivity contribution in [3.63, 3.8) is 0 Å². The molecule has 2 saturated heterocycles. The zero-order valence-electron chi connectivity index (χ0n) is 23.5. The minimum atomic E-state index is -1.09.